The van der Waals surface area contributed by atoms with Crippen molar-refractivity contribution >= 4 is 23.9 Å². The lowest BCUT2D eigenvalue weighted by atomic mass is 9.98. The number of quaternary nitrogens is 4. The molecule has 0 bridgehead atoms. The van der Waals surface area contributed by atoms with Gasteiger partial charge in [0.25, 0.3) is 0 Å². The second kappa shape index (κ2) is 17.9. The monoisotopic (exact) mass is 592 g/mol. The molecular weight excluding hydrogens is 560 g/mol. The molecule has 0 aromatic heterocycles. The van der Waals surface area contributed by atoms with Crippen molar-refractivity contribution in [2.75, 3.05) is 32.8 Å². The van der Waals surface area contributed by atoms with Crippen LogP contribution in [-0.2, 0) is 42.9 Å². The molecule has 1 saturated heterocycles. The Hall–Kier alpha value is -2.68. The van der Waals surface area contributed by atoms with Crippen LogP contribution in [0.4, 0.5) is 0 Å². The molecular formula is C18H32N4O18. The first-order chi connectivity index (χ1) is 18.7. The third-order valence-corrected chi connectivity index (χ3v) is 4.98. The fraction of sp³-hybridized carbons (Fsp3) is 0.778. The molecule has 40 heavy (non-hydrogen) atoms. The Bertz CT molecular complexity index is 814. The number of aliphatic hydroxyl groups excluding tert-OH is 1. The van der Waals surface area contributed by atoms with Gasteiger partial charge in [0, 0.05) is 0 Å². The number of hydrogen-bond acceptors (Lipinski definition) is 18. The maximum absolute atomic E-state index is 12.3. The second-order valence-electron chi connectivity index (χ2n) is 8.19. The lowest BCUT2D eigenvalue weighted by Crippen LogP contribution is -3.04. The van der Waals surface area contributed by atoms with Crippen LogP contribution >= 0.6 is 0 Å². The van der Waals surface area contributed by atoms with E-state index in [0.717, 1.165) is 0 Å². The fourth-order valence-electron chi connectivity index (χ4n) is 3.08. The van der Waals surface area contributed by atoms with Gasteiger partial charge < -0.3 is 49.6 Å². The molecule has 0 radical (unpaired) electrons. The Morgan fingerprint density at radius 3 is 1.43 bits per heavy atom. The normalized spacial score (nSPS) is 25.7. The number of ether oxygens (including phenoxy) is 5. The number of aliphatic hydroxyl groups is 1. The Morgan fingerprint density at radius 2 is 1.00 bits per heavy atom. The zero-order chi connectivity index (χ0) is 30.4. The molecule has 4 unspecified atom stereocenters. The Kier molecular flexibility index (Phi) is 15.8. The van der Waals surface area contributed by atoms with Crippen molar-refractivity contribution in [1.29, 1.82) is 0 Å². The molecule has 9 atom stereocenters. The van der Waals surface area contributed by atoms with E-state index in [1.165, 1.54) is 0 Å². The third kappa shape index (κ3) is 14.1. The molecule has 22 nitrogen and oxygen atoms in total. The van der Waals surface area contributed by atoms with Crippen LogP contribution in [0.3, 0.4) is 0 Å². The van der Waals surface area contributed by atoms with Crippen LogP contribution in [-0.4, -0.2) is 113 Å². The first-order valence-corrected chi connectivity index (χ1v) is 11.6. The topological polar surface area (TPSA) is 326 Å². The summed E-state index contributed by atoms with van der Waals surface area (Å²) in [5.41, 5.74) is 0. The van der Waals surface area contributed by atoms with Crippen LogP contribution in [0.15, 0.2) is 0 Å². The van der Waals surface area contributed by atoms with Crippen LogP contribution in [0.5, 0.6) is 0 Å². The predicted octanol–water partition coefficient (Wildman–Crippen LogP) is -8.37. The standard InChI is InChI=1S/C18H32N4O18/c23-11(1-5-19(28)29)36-9-10-15(27)16(38-12(24)2-6-20(30)31)17(39-13(25)3-7-21(32)33)18(37-10)40-14(26)4-8-22(34)35/h10,15-22,27-28,30,32,34H,1-9H2/t10-,15-,16+,17-,18+/m1/s1. The third-order valence-electron chi connectivity index (χ3n) is 4.98. The maximum Gasteiger partial charge on any atom is 0.314 e. The van der Waals surface area contributed by atoms with Gasteiger partial charge in [-0.1, -0.05) is 0 Å². The van der Waals surface area contributed by atoms with Crippen molar-refractivity contribution in [3.63, 3.8) is 0 Å². The SMILES string of the molecule is O=C(CC[NH+]([O-])O)OC[C@H]1O[C@@H](OC(=O)CC[NH+]([O-])O)[C@H](OC(=O)CC[NH+]([O-])O)[C@@H](OC(=O)CC[NH+]([O-])O)[C@@H]1O. The first-order valence-electron chi connectivity index (χ1n) is 11.6. The van der Waals surface area contributed by atoms with Crippen LogP contribution in [0.1, 0.15) is 25.7 Å². The van der Waals surface area contributed by atoms with Gasteiger partial charge in [-0.3, -0.25) is 19.2 Å². The zero-order valence-electron chi connectivity index (χ0n) is 20.8. The van der Waals surface area contributed by atoms with Gasteiger partial charge in [0.2, 0.25) is 12.4 Å². The van der Waals surface area contributed by atoms with Gasteiger partial charge in [0.15, 0.2) is 6.10 Å². The van der Waals surface area contributed by atoms with Crippen molar-refractivity contribution in [1.82, 2.24) is 0 Å². The van der Waals surface area contributed by atoms with Crippen molar-refractivity contribution in [3.8, 4) is 0 Å². The summed E-state index contributed by atoms with van der Waals surface area (Å²) in [7, 11) is 0. The molecule has 1 aliphatic rings. The summed E-state index contributed by atoms with van der Waals surface area (Å²) in [6.45, 7) is -3.48. The lowest BCUT2D eigenvalue weighted by Gasteiger charge is -2.42. The maximum atomic E-state index is 12.3. The average Bonchev–Trinajstić information content (AvgIpc) is 2.86. The van der Waals surface area contributed by atoms with E-state index >= 15 is 0 Å². The summed E-state index contributed by atoms with van der Waals surface area (Å²) in [6, 6.07) is 0. The first kappa shape index (κ1) is 35.3. The van der Waals surface area contributed by atoms with E-state index in [2.05, 4.69) is 0 Å². The van der Waals surface area contributed by atoms with Crippen molar-refractivity contribution in [3.05, 3.63) is 20.8 Å². The number of rotatable bonds is 17. The minimum atomic E-state index is -2.02. The van der Waals surface area contributed by atoms with Crippen molar-refractivity contribution in [2.45, 2.75) is 56.4 Å². The predicted molar refractivity (Wildman–Crippen MR) is 114 cm³/mol. The molecule has 1 rings (SSSR count). The van der Waals surface area contributed by atoms with E-state index in [1.54, 1.807) is 0 Å². The number of carbonyl (C=O) groups is 4. The molecule has 1 aliphatic heterocycles. The summed E-state index contributed by atoms with van der Waals surface area (Å²) >= 11 is 0. The minimum Gasteiger partial charge on any atom is -0.600 e. The summed E-state index contributed by atoms with van der Waals surface area (Å²) in [6.07, 6.45) is -12.2. The Morgan fingerprint density at radius 1 is 0.625 bits per heavy atom. The fourth-order valence-corrected chi connectivity index (χ4v) is 3.08. The number of nitrogens with one attached hydrogen (secondary N) is 4. The molecule has 0 saturated carbocycles. The highest BCUT2D eigenvalue weighted by atomic mass is 16.8. The Labute approximate surface area is 224 Å². The van der Waals surface area contributed by atoms with Gasteiger partial charge in [0.1, 0.15) is 45.0 Å². The van der Waals surface area contributed by atoms with E-state index in [0.29, 0.717) is 0 Å². The van der Waals surface area contributed by atoms with Crippen molar-refractivity contribution in [2.24, 2.45) is 0 Å². The summed E-state index contributed by atoms with van der Waals surface area (Å²) in [5, 5.41) is 83.4. The molecule has 1 fully saturated rings. The van der Waals surface area contributed by atoms with E-state index in [1.807, 2.05) is 0 Å². The van der Waals surface area contributed by atoms with Gasteiger partial charge in [0.05, 0.1) is 25.7 Å². The van der Waals surface area contributed by atoms with Gasteiger partial charge in [-0.25, -0.2) is 41.7 Å². The molecule has 0 spiro atoms. The largest absolute Gasteiger partial charge is 0.600 e. The van der Waals surface area contributed by atoms with E-state index in [9.17, 15) is 45.1 Å². The van der Waals surface area contributed by atoms with Crippen LogP contribution in [0.25, 0.3) is 0 Å². The number of hydroxylamine groups is 8. The zero-order valence-corrected chi connectivity index (χ0v) is 20.8. The van der Waals surface area contributed by atoms with Crippen LogP contribution in [0.2, 0.25) is 0 Å². The minimum absolute atomic E-state index is 0.566. The Balaban J connectivity index is 3.21. The number of carbonyl (C=O) groups excluding carboxylic acids is 4. The van der Waals surface area contributed by atoms with Crippen LogP contribution < -0.4 is 20.9 Å². The molecule has 0 aromatic carbocycles. The molecule has 22 heteroatoms. The average molecular weight is 592 g/mol. The highest BCUT2D eigenvalue weighted by Crippen LogP contribution is 2.28. The summed E-state index contributed by atoms with van der Waals surface area (Å²) in [5.74, 6) is -4.68. The summed E-state index contributed by atoms with van der Waals surface area (Å²) < 4.78 is 25.4. The van der Waals surface area contributed by atoms with Gasteiger partial charge >= 0.3 is 23.9 Å². The number of esters is 4. The van der Waals surface area contributed by atoms with Gasteiger partial charge in [-0.2, -0.15) is 0 Å². The molecule has 0 aromatic rings. The smallest absolute Gasteiger partial charge is 0.314 e. The van der Waals surface area contributed by atoms with Crippen molar-refractivity contribution < 1.29 is 89.7 Å². The quantitative estimate of drug-likeness (QED) is 0.0430. The van der Waals surface area contributed by atoms with E-state index in [-0.39, 0.29) is 0 Å². The van der Waals surface area contributed by atoms with Crippen LogP contribution in [0, 0.1) is 20.8 Å². The van der Waals surface area contributed by atoms with Gasteiger partial charge in [-0.05, 0) is 0 Å². The number of hydrogen-bond donors (Lipinski definition) is 9. The van der Waals surface area contributed by atoms with E-state index in [4.69, 9.17) is 44.5 Å². The highest BCUT2D eigenvalue weighted by Gasteiger charge is 2.52. The van der Waals surface area contributed by atoms with Gasteiger partial charge in [-0.15, -0.1) is 0 Å². The summed E-state index contributed by atoms with van der Waals surface area (Å²) in [4.78, 5) is 48.6. The lowest BCUT2D eigenvalue weighted by molar-refractivity contribution is -1.05. The second-order valence-corrected chi connectivity index (χ2v) is 8.19. The molecule has 232 valence electrons. The molecule has 0 aliphatic carbocycles. The molecule has 0 amide bonds. The highest BCUT2D eigenvalue weighted by molar-refractivity contribution is 5.72. The molecule has 1 heterocycles. The van der Waals surface area contributed by atoms with E-state index < -0.39 is 134 Å². The molecule has 9 N–H and O–H groups in total.